The summed E-state index contributed by atoms with van der Waals surface area (Å²) < 4.78 is 24.0. The molecule has 1 N–H and O–H groups in total. The fraction of sp³-hybridized carbons (Fsp3) is 0.333. The van der Waals surface area contributed by atoms with Gasteiger partial charge in [0, 0.05) is 14.2 Å². The summed E-state index contributed by atoms with van der Waals surface area (Å²) in [7, 11) is 2.83. The third-order valence-corrected chi connectivity index (χ3v) is 2.85. The first-order chi connectivity index (χ1) is 9.17. The van der Waals surface area contributed by atoms with Gasteiger partial charge in [-0.15, -0.1) is 0 Å². The summed E-state index contributed by atoms with van der Waals surface area (Å²) in [5, 5.41) is 11.4. The van der Waals surface area contributed by atoms with Crippen molar-refractivity contribution >= 4 is 22.6 Å². The Labute approximate surface area is 115 Å². The second-order valence-electron chi connectivity index (χ2n) is 3.33. The van der Waals surface area contributed by atoms with E-state index in [1.165, 1.54) is 38.1 Å². The quantitative estimate of drug-likeness (QED) is 0.302. The van der Waals surface area contributed by atoms with Gasteiger partial charge in [-0.3, -0.25) is 5.32 Å². The highest BCUT2D eigenvalue weighted by molar-refractivity contribution is 8.13. The summed E-state index contributed by atoms with van der Waals surface area (Å²) in [6, 6.07) is 4.46. The second kappa shape index (κ2) is 7.74. The monoisotopic (exact) mass is 283 g/mol. The molecule has 0 spiro atoms. The highest BCUT2D eigenvalue weighted by atomic mass is 32.2. The van der Waals surface area contributed by atoms with Gasteiger partial charge < -0.3 is 9.47 Å². The van der Waals surface area contributed by atoms with Crippen LogP contribution in [0.1, 0.15) is 11.9 Å². The molecule has 0 aliphatic heterocycles. The Morgan fingerprint density at radius 1 is 1.47 bits per heavy atom. The highest BCUT2D eigenvalue weighted by Gasteiger charge is 2.19. The molecule has 0 radical (unpaired) electrons. The van der Waals surface area contributed by atoms with Crippen molar-refractivity contribution in [3.05, 3.63) is 29.6 Å². The van der Waals surface area contributed by atoms with Crippen molar-refractivity contribution in [2.75, 3.05) is 20.5 Å². The maximum Gasteiger partial charge on any atom is 0.188 e. The predicted molar refractivity (Wildman–Crippen MR) is 72.5 cm³/mol. The van der Waals surface area contributed by atoms with Gasteiger partial charge in [-0.2, -0.15) is 5.26 Å². The maximum atomic E-state index is 13.9. The lowest BCUT2D eigenvalue weighted by molar-refractivity contribution is -0.107. The first-order valence-electron chi connectivity index (χ1n) is 5.29. The minimum Gasteiger partial charge on any atom is -0.351 e. The molecule has 0 saturated carbocycles. The number of aliphatic imine (C=N–C) groups is 1. The van der Waals surface area contributed by atoms with E-state index in [1.54, 1.807) is 18.5 Å². The molecule has 0 aliphatic rings. The Morgan fingerprint density at radius 3 is 2.68 bits per heavy atom. The van der Waals surface area contributed by atoms with Crippen molar-refractivity contribution in [3.8, 4) is 6.19 Å². The van der Waals surface area contributed by atoms with Crippen molar-refractivity contribution in [1.29, 1.82) is 5.26 Å². The summed E-state index contributed by atoms with van der Waals surface area (Å²) in [6.07, 6.45) is 2.67. The van der Waals surface area contributed by atoms with Crippen LogP contribution in [0.5, 0.6) is 0 Å². The summed E-state index contributed by atoms with van der Waals surface area (Å²) in [5.74, 6) is -0.479. The minimum absolute atomic E-state index is 0.193. The van der Waals surface area contributed by atoms with Gasteiger partial charge in [0.2, 0.25) is 0 Å². The molecule has 5 nitrogen and oxygen atoms in total. The fourth-order valence-electron chi connectivity index (χ4n) is 1.47. The lowest BCUT2D eigenvalue weighted by Crippen LogP contribution is -2.13. The van der Waals surface area contributed by atoms with Gasteiger partial charge >= 0.3 is 0 Å². The number of nitriles is 1. The van der Waals surface area contributed by atoms with Crippen LogP contribution in [0.3, 0.4) is 0 Å². The summed E-state index contributed by atoms with van der Waals surface area (Å²) in [5.41, 5.74) is 0.541. The Morgan fingerprint density at radius 2 is 2.16 bits per heavy atom. The van der Waals surface area contributed by atoms with Gasteiger partial charge in [-0.1, -0.05) is 17.8 Å². The number of benzene rings is 1. The van der Waals surface area contributed by atoms with E-state index in [0.717, 1.165) is 0 Å². The van der Waals surface area contributed by atoms with Crippen LogP contribution in [0.15, 0.2) is 23.2 Å². The minimum atomic E-state index is -0.856. The molecule has 102 valence electrons. The van der Waals surface area contributed by atoms with Crippen molar-refractivity contribution in [3.63, 3.8) is 0 Å². The fourth-order valence-corrected chi connectivity index (χ4v) is 1.81. The van der Waals surface area contributed by atoms with Crippen LogP contribution in [0.25, 0.3) is 0 Å². The second-order valence-corrected chi connectivity index (χ2v) is 4.13. The topological polar surface area (TPSA) is 66.6 Å². The zero-order valence-corrected chi connectivity index (χ0v) is 11.6. The van der Waals surface area contributed by atoms with E-state index in [2.05, 4.69) is 10.3 Å². The molecule has 7 heteroatoms. The smallest absolute Gasteiger partial charge is 0.188 e. The molecule has 0 aliphatic carbocycles. The number of nitrogens with one attached hydrogen (secondary N) is 1. The van der Waals surface area contributed by atoms with Gasteiger partial charge in [0.15, 0.2) is 17.7 Å². The van der Waals surface area contributed by atoms with E-state index < -0.39 is 12.1 Å². The van der Waals surface area contributed by atoms with Crippen LogP contribution in [-0.4, -0.2) is 25.6 Å². The molecular weight excluding hydrogens is 269 g/mol. The molecule has 0 aromatic heterocycles. The third kappa shape index (κ3) is 3.92. The Balaban J connectivity index is 3.28. The lowest BCUT2D eigenvalue weighted by Gasteiger charge is -2.16. The third-order valence-electron chi connectivity index (χ3n) is 2.27. The molecule has 0 heterocycles. The first-order valence-corrected chi connectivity index (χ1v) is 6.52. The van der Waals surface area contributed by atoms with Gasteiger partial charge in [-0.25, -0.2) is 9.38 Å². The summed E-state index contributed by atoms with van der Waals surface area (Å²) in [6.45, 7) is 0. The number of methoxy groups -OCH3 is 2. The molecule has 0 fully saturated rings. The number of halogens is 1. The number of hydrogen-bond donors (Lipinski definition) is 1. The zero-order chi connectivity index (χ0) is 14.3. The molecule has 0 unspecified atom stereocenters. The molecule has 0 atom stereocenters. The molecular formula is C12H14FN3O2S. The first kappa shape index (κ1) is 15.4. The van der Waals surface area contributed by atoms with Crippen LogP contribution in [-0.2, 0) is 9.47 Å². The number of rotatable bonds is 4. The molecule has 19 heavy (non-hydrogen) atoms. The SMILES string of the molecule is COC(OC)c1c(F)cccc1N=C(NC#N)SC. The number of amidine groups is 1. The van der Waals surface area contributed by atoms with Crippen LogP contribution in [0.2, 0.25) is 0 Å². The van der Waals surface area contributed by atoms with Crippen molar-refractivity contribution < 1.29 is 13.9 Å². The van der Waals surface area contributed by atoms with E-state index in [4.69, 9.17) is 14.7 Å². The molecule has 0 amide bonds. The predicted octanol–water partition coefficient (Wildman–Crippen LogP) is 2.54. The molecule has 1 aromatic carbocycles. The number of hydrogen-bond acceptors (Lipinski definition) is 5. The van der Waals surface area contributed by atoms with Crippen LogP contribution in [0.4, 0.5) is 10.1 Å². The van der Waals surface area contributed by atoms with Gasteiger partial charge in [0.25, 0.3) is 0 Å². The zero-order valence-electron chi connectivity index (χ0n) is 10.8. The Bertz CT molecular complexity index is 498. The van der Waals surface area contributed by atoms with E-state index in [0.29, 0.717) is 10.9 Å². The lowest BCUT2D eigenvalue weighted by atomic mass is 10.1. The van der Waals surface area contributed by atoms with E-state index in [1.807, 2.05) is 0 Å². The maximum absolute atomic E-state index is 13.9. The standard InChI is InChI=1S/C12H14FN3O2S/c1-17-11(18-2)10-8(13)5-4-6-9(10)16-12(19-3)15-7-14/h4-6,11H,1-3H3,(H,15,16). The van der Waals surface area contributed by atoms with Crippen molar-refractivity contribution in [2.24, 2.45) is 4.99 Å². The van der Waals surface area contributed by atoms with Crippen LogP contribution in [0, 0.1) is 17.3 Å². The number of thioether (sulfide) groups is 1. The molecule has 1 rings (SSSR count). The van der Waals surface area contributed by atoms with E-state index in [9.17, 15) is 4.39 Å². The van der Waals surface area contributed by atoms with Gasteiger partial charge in [0.1, 0.15) is 5.82 Å². The van der Waals surface area contributed by atoms with Crippen LogP contribution >= 0.6 is 11.8 Å². The number of ether oxygens (including phenoxy) is 2. The molecule has 1 aromatic rings. The van der Waals surface area contributed by atoms with Crippen molar-refractivity contribution in [2.45, 2.75) is 6.29 Å². The summed E-state index contributed by atoms with van der Waals surface area (Å²) in [4.78, 5) is 4.19. The normalized spacial score (nSPS) is 11.5. The van der Waals surface area contributed by atoms with Gasteiger partial charge in [-0.05, 0) is 18.4 Å². The average molecular weight is 283 g/mol. The Hall–Kier alpha value is -1.62. The largest absolute Gasteiger partial charge is 0.351 e. The summed E-state index contributed by atoms with van der Waals surface area (Å²) >= 11 is 1.24. The van der Waals surface area contributed by atoms with Crippen molar-refractivity contribution in [1.82, 2.24) is 5.32 Å². The highest BCUT2D eigenvalue weighted by Crippen LogP contribution is 2.31. The Kier molecular flexibility index (Phi) is 6.29. The van der Waals surface area contributed by atoms with E-state index >= 15 is 0 Å². The van der Waals surface area contributed by atoms with Gasteiger partial charge in [0.05, 0.1) is 11.3 Å². The molecule has 0 saturated heterocycles. The van der Waals surface area contributed by atoms with E-state index in [-0.39, 0.29) is 5.56 Å². The average Bonchev–Trinajstić information content (AvgIpc) is 2.42. The number of nitrogens with zero attached hydrogens (tertiary/aromatic N) is 2. The van der Waals surface area contributed by atoms with Crippen LogP contribution < -0.4 is 5.32 Å². The molecule has 0 bridgehead atoms.